The van der Waals surface area contributed by atoms with Crippen LogP contribution >= 0.6 is 0 Å². The van der Waals surface area contributed by atoms with Crippen LogP contribution < -0.4 is 5.32 Å². The third-order valence-electron chi connectivity index (χ3n) is 2.39. The molecule has 0 amide bonds. The average molecular weight is 237 g/mol. The Morgan fingerprint density at radius 1 is 1.40 bits per heavy atom. The average Bonchev–Trinajstić information content (AvgIpc) is 2.15. The first kappa shape index (κ1) is 14.9. The van der Waals surface area contributed by atoms with Gasteiger partial charge in [0.2, 0.25) is 0 Å². The smallest absolute Gasteiger partial charge is 0.147 e. The largest absolute Gasteiger partial charge is 0.383 e. The molecule has 92 valence electrons. The molecule has 0 saturated carbocycles. The highest BCUT2D eigenvalue weighted by molar-refractivity contribution is 7.90. The van der Waals surface area contributed by atoms with Crippen molar-refractivity contribution in [3.63, 3.8) is 0 Å². The van der Waals surface area contributed by atoms with Crippen molar-refractivity contribution in [2.75, 3.05) is 38.8 Å². The van der Waals surface area contributed by atoms with E-state index in [1.165, 1.54) is 6.26 Å². The van der Waals surface area contributed by atoms with Gasteiger partial charge in [-0.3, -0.25) is 0 Å². The Kier molecular flexibility index (Phi) is 8.00. The summed E-state index contributed by atoms with van der Waals surface area (Å²) in [5.41, 5.74) is 0. The van der Waals surface area contributed by atoms with Crippen LogP contribution in [0.3, 0.4) is 0 Å². The highest BCUT2D eigenvalue weighted by Gasteiger charge is 2.09. The Labute approximate surface area is 93.3 Å². The summed E-state index contributed by atoms with van der Waals surface area (Å²) in [5, 5.41) is 3.25. The van der Waals surface area contributed by atoms with Crippen LogP contribution in [-0.4, -0.2) is 47.2 Å². The molecule has 0 rings (SSSR count). The number of sulfone groups is 1. The van der Waals surface area contributed by atoms with Crippen LogP contribution in [-0.2, 0) is 14.6 Å². The zero-order chi connectivity index (χ0) is 11.7. The molecule has 0 aromatic carbocycles. The molecule has 0 saturated heterocycles. The van der Waals surface area contributed by atoms with Crippen LogP contribution in [0.5, 0.6) is 0 Å². The summed E-state index contributed by atoms with van der Waals surface area (Å²) in [6.07, 6.45) is 3.04. The summed E-state index contributed by atoms with van der Waals surface area (Å²) in [4.78, 5) is 0. The summed E-state index contributed by atoms with van der Waals surface area (Å²) in [6, 6.07) is 0. The van der Waals surface area contributed by atoms with Gasteiger partial charge in [-0.05, 0) is 18.9 Å². The van der Waals surface area contributed by atoms with Crippen molar-refractivity contribution in [2.24, 2.45) is 5.92 Å². The normalized spacial score (nSPS) is 14.1. The molecule has 0 bridgehead atoms. The third-order valence-corrected chi connectivity index (χ3v) is 3.37. The highest BCUT2D eigenvalue weighted by Crippen LogP contribution is 2.08. The van der Waals surface area contributed by atoms with Crippen LogP contribution in [0.2, 0.25) is 0 Å². The van der Waals surface area contributed by atoms with Gasteiger partial charge in [0.15, 0.2) is 0 Å². The van der Waals surface area contributed by atoms with Gasteiger partial charge in [-0.2, -0.15) is 0 Å². The molecule has 0 fully saturated rings. The van der Waals surface area contributed by atoms with Crippen LogP contribution in [0, 0.1) is 5.92 Å². The van der Waals surface area contributed by atoms with Crippen molar-refractivity contribution in [2.45, 2.75) is 19.8 Å². The summed E-state index contributed by atoms with van der Waals surface area (Å²) >= 11 is 0. The summed E-state index contributed by atoms with van der Waals surface area (Å²) in [5.74, 6) is 0.730. The van der Waals surface area contributed by atoms with E-state index in [2.05, 4.69) is 12.2 Å². The predicted octanol–water partition coefficient (Wildman–Crippen LogP) is 0.683. The number of ether oxygens (including phenoxy) is 1. The van der Waals surface area contributed by atoms with Crippen molar-refractivity contribution >= 4 is 9.84 Å². The molecule has 0 aromatic heterocycles. The molecule has 1 atom stereocenters. The van der Waals surface area contributed by atoms with Gasteiger partial charge in [-0.25, -0.2) is 8.42 Å². The number of nitrogens with one attached hydrogen (secondary N) is 1. The van der Waals surface area contributed by atoms with Crippen molar-refractivity contribution in [1.82, 2.24) is 5.32 Å². The zero-order valence-corrected chi connectivity index (χ0v) is 10.8. The maximum absolute atomic E-state index is 11.0. The van der Waals surface area contributed by atoms with Gasteiger partial charge < -0.3 is 10.1 Å². The highest BCUT2D eigenvalue weighted by atomic mass is 32.2. The lowest BCUT2D eigenvalue weighted by atomic mass is 10.0. The van der Waals surface area contributed by atoms with Gasteiger partial charge in [-0.1, -0.05) is 13.3 Å². The lowest BCUT2D eigenvalue weighted by Crippen LogP contribution is -2.27. The molecule has 1 unspecified atom stereocenters. The van der Waals surface area contributed by atoms with E-state index >= 15 is 0 Å². The maximum Gasteiger partial charge on any atom is 0.147 e. The van der Waals surface area contributed by atoms with E-state index in [1.54, 1.807) is 7.11 Å². The number of hydrogen-bond acceptors (Lipinski definition) is 4. The van der Waals surface area contributed by atoms with Gasteiger partial charge >= 0.3 is 0 Å². The third kappa shape index (κ3) is 10.2. The molecular weight excluding hydrogens is 214 g/mol. The minimum atomic E-state index is -2.82. The Hall–Kier alpha value is -0.130. The Morgan fingerprint density at radius 2 is 2.07 bits per heavy atom. The predicted molar refractivity (Wildman–Crippen MR) is 62.9 cm³/mol. The van der Waals surface area contributed by atoms with Crippen LogP contribution in [0.25, 0.3) is 0 Å². The first-order valence-electron chi connectivity index (χ1n) is 5.37. The molecule has 0 aromatic rings. The number of hydrogen-bond donors (Lipinski definition) is 1. The van der Waals surface area contributed by atoms with Crippen molar-refractivity contribution in [1.29, 1.82) is 0 Å². The fraction of sp³-hybridized carbons (Fsp3) is 1.00. The fourth-order valence-corrected chi connectivity index (χ4v) is 2.07. The second-order valence-electron chi connectivity index (χ2n) is 3.89. The first-order chi connectivity index (χ1) is 6.99. The fourth-order valence-electron chi connectivity index (χ4n) is 1.31. The van der Waals surface area contributed by atoms with Crippen molar-refractivity contribution in [3.8, 4) is 0 Å². The van der Waals surface area contributed by atoms with E-state index in [1.807, 2.05) is 0 Å². The topological polar surface area (TPSA) is 55.4 Å². The maximum atomic E-state index is 11.0. The molecule has 4 nitrogen and oxygen atoms in total. The van der Waals surface area contributed by atoms with Gasteiger partial charge in [0, 0.05) is 19.9 Å². The summed E-state index contributed by atoms with van der Waals surface area (Å²) in [6.45, 7) is 4.48. The summed E-state index contributed by atoms with van der Waals surface area (Å²) < 4.78 is 26.9. The van der Waals surface area contributed by atoms with Gasteiger partial charge in [0.25, 0.3) is 0 Å². The lowest BCUT2D eigenvalue weighted by Gasteiger charge is -2.14. The van der Waals surface area contributed by atoms with Crippen LogP contribution in [0.1, 0.15) is 19.8 Å². The molecule has 0 aliphatic heterocycles. The second-order valence-corrected chi connectivity index (χ2v) is 6.15. The quantitative estimate of drug-likeness (QED) is 0.599. The Balaban J connectivity index is 3.64. The molecule has 1 N–H and O–H groups in total. The standard InChI is InChI=1S/C10H23NO3S/c1-4-10(5-8-15(3,12)13)9-11-6-7-14-2/h10-11H,4-9H2,1-3H3. The van der Waals surface area contributed by atoms with E-state index in [0.717, 1.165) is 25.9 Å². The van der Waals surface area contributed by atoms with Gasteiger partial charge in [0.1, 0.15) is 9.84 Å². The molecule has 0 aliphatic carbocycles. The molecule has 5 heteroatoms. The van der Waals surface area contributed by atoms with Crippen LogP contribution in [0.15, 0.2) is 0 Å². The first-order valence-corrected chi connectivity index (χ1v) is 7.43. The van der Waals surface area contributed by atoms with E-state index in [-0.39, 0.29) is 5.75 Å². The van der Waals surface area contributed by atoms with Gasteiger partial charge in [0.05, 0.1) is 12.4 Å². The Morgan fingerprint density at radius 3 is 2.53 bits per heavy atom. The number of rotatable bonds is 9. The molecular formula is C10H23NO3S. The zero-order valence-electron chi connectivity index (χ0n) is 9.95. The lowest BCUT2D eigenvalue weighted by molar-refractivity contribution is 0.197. The second kappa shape index (κ2) is 8.07. The SMILES string of the molecule is CCC(CCS(C)(=O)=O)CNCCOC. The van der Waals surface area contributed by atoms with E-state index in [4.69, 9.17) is 4.74 Å². The Bertz CT molecular complexity index is 239. The molecule has 0 heterocycles. The molecule has 0 aliphatic rings. The van der Waals surface area contributed by atoms with Crippen molar-refractivity contribution < 1.29 is 13.2 Å². The monoisotopic (exact) mass is 237 g/mol. The van der Waals surface area contributed by atoms with Crippen LogP contribution in [0.4, 0.5) is 0 Å². The molecule has 0 spiro atoms. The minimum absolute atomic E-state index is 0.289. The van der Waals surface area contributed by atoms with E-state index < -0.39 is 9.84 Å². The van der Waals surface area contributed by atoms with Crippen molar-refractivity contribution in [3.05, 3.63) is 0 Å². The summed E-state index contributed by atoms with van der Waals surface area (Å²) in [7, 11) is -1.15. The van der Waals surface area contributed by atoms with E-state index in [0.29, 0.717) is 12.5 Å². The molecule has 0 radical (unpaired) electrons. The van der Waals surface area contributed by atoms with E-state index in [9.17, 15) is 8.42 Å². The molecule has 15 heavy (non-hydrogen) atoms. The van der Waals surface area contributed by atoms with Gasteiger partial charge in [-0.15, -0.1) is 0 Å². The number of methoxy groups -OCH3 is 1. The minimum Gasteiger partial charge on any atom is -0.383 e.